The molecule has 0 amide bonds. The average Bonchev–Trinajstić information content (AvgIpc) is 2.98. The number of aryl methyl sites for hydroxylation is 1. The van der Waals surface area contributed by atoms with Crippen LogP contribution in [-0.4, -0.2) is 15.6 Å². The molecule has 2 aromatic heterocycles. The summed E-state index contributed by atoms with van der Waals surface area (Å²) in [5.74, 6) is -0.857. The molecule has 0 aliphatic heterocycles. The maximum absolute atomic E-state index is 10.9. The monoisotopic (exact) mass is 271 g/mol. The van der Waals surface area contributed by atoms with E-state index in [9.17, 15) is 4.79 Å². The predicted octanol–water partition coefficient (Wildman–Crippen LogP) is 3.76. The van der Waals surface area contributed by atoms with Gasteiger partial charge in [-0.2, -0.15) is 0 Å². The molecule has 0 saturated carbocycles. The molecule has 2 heterocycles. The lowest BCUT2D eigenvalue weighted by molar-refractivity contribution is 0.0702. The van der Waals surface area contributed by atoms with Gasteiger partial charge in [-0.3, -0.25) is 0 Å². The van der Waals surface area contributed by atoms with Gasteiger partial charge in [0.05, 0.1) is 6.54 Å². The number of hydrogen-bond acceptors (Lipinski definition) is 2. The Morgan fingerprint density at radius 3 is 2.84 bits per heavy atom. The lowest BCUT2D eigenvalue weighted by Crippen LogP contribution is -1.95. The van der Waals surface area contributed by atoms with Gasteiger partial charge in [0.2, 0.25) is 0 Å². The van der Waals surface area contributed by atoms with Crippen LogP contribution in [0.25, 0.3) is 10.9 Å². The first-order valence-corrected chi connectivity index (χ1v) is 6.83. The zero-order valence-electron chi connectivity index (χ0n) is 10.5. The Morgan fingerprint density at radius 1 is 1.26 bits per heavy atom. The summed E-state index contributed by atoms with van der Waals surface area (Å²) >= 11 is 1.33. The zero-order chi connectivity index (χ0) is 13.4. The number of aromatic nitrogens is 1. The van der Waals surface area contributed by atoms with E-state index in [0.717, 1.165) is 4.88 Å². The van der Waals surface area contributed by atoms with Crippen LogP contribution in [-0.2, 0) is 6.54 Å². The Kier molecular flexibility index (Phi) is 2.87. The topological polar surface area (TPSA) is 42.2 Å². The third kappa shape index (κ3) is 2.15. The van der Waals surface area contributed by atoms with Gasteiger partial charge < -0.3 is 9.67 Å². The fourth-order valence-electron chi connectivity index (χ4n) is 2.26. The van der Waals surface area contributed by atoms with Crippen LogP contribution in [0.15, 0.2) is 42.6 Å². The van der Waals surface area contributed by atoms with E-state index >= 15 is 0 Å². The Balaban J connectivity index is 1.96. The van der Waals surface area contributed by atoms with Crippen molar-refractivity contribution >= 4 is 28.2 Å². The van der Waals surface area contributed by atoms with Crippen molar-refractivity contribution in [2.45, 2.75) is 13.5 Å². The summed E-state index contributed by atoms with van der Waals surface area (Å²) in [7, 11) is 0. The van der Waals surface area contributed by atoms with Crippen LogP contribution in [0.5, 0.6) is 0 Å². The Hall–Kier alpha value is -2.07. The molecule has 3 aromatic rings. The SMILES string of the molecule is Cc1cccc2c1ccn2Cc1ccc(C(=O)O)s1. The minimum Gasteiger partial charge on any atom is -0.477 e. The van der Waals surface area contributed by atoms with Crippen molar-refractivity contribution in [3.63, 3.8) is 0 Å². The predicted molar refractivity (Wildman–Crippen MR) is 77.1 cm³/mol. The van der Waals surface area contributed by atoms with E-state index in [1.807, 2.05) is 12.1 Å². The average molecular weight is 271 g/mol. The fourth-order valence-corrected chi connectivity index (χ4v) is 3.11. The number of hydrogen-bond donors (Lipinski definition) is 1. The van der Waals surface area contributed by atoms with Gasteiger partial charge in [-0.15, -0.1) is 11.3 Å². The number of aromatic carboxylic acids is 1. The molecule has 3 nitrogen and oxygen atoms in total. The Bertz CT molecular complexity index is 754. The van der Waals surface area contributed by atoms with Crippen LogP contribution in [0, 0.1) is 6.92 Å². The van der Waals surface area contributed by atoms with E-state index in [-0.39, 0.29) is 0 Å². The summed E-state index contributed by atoms with van der Waals surface area (Å²) in [4.78, 5) is 12.3. The highest BCUT2D eigenvalue weighted by molar-refractivity contribution is 7.13. The van der Waals surface area contributed by atoms with Crippen LogP contribution in [0.3, 0.4) is 0 Å². The molecule has 0 radical (unpaired) electrons. The number of fused-ring (bicyclic) bond motifs is 1. The van der Waals surface area contributed by atoms with Crippen molar-refractivity contribution in [1.82, 2.24) is 4.57 Å². The van der Waals surface area contributed by atoms with Crippen molar-refractivity contribution in [2.75, 3.05) is 0 Å². The van der Waals surface area contributed by atoms with Crippen LogP contribution < -0.4 is 0 Å². The van der Waals surface area contributed by atoms with Crippen LogP contribution in [0.4, 0.5) is 0 Å². The third-order valence-corrected chi connectivity index (χ3v) is 4.29. The quantitative estimate of drug-likeness (QED) is 0.788. The minimum absolute atomic E-state index is 0.391. The smallest absolute Gasteiger partial charge is 0.345 e. The Morgan fingerprint density at radius 2 is 2.11 bits per heavy atom. The summed E-state index contributed by atoms with van der Waals surface area (Å²) in [6.45, 7) is 2.81. The summed E-state index contributed by atoms with van der Waals surface area (Å²) in [5.41, 5.74) is 2.44. The number of carboxylic acid groups (broad SMARTS) is 1. The molecular weight excluding hydrogens is 258 g/mol. The molecule has 4 heteroatoms. The molecule has 0 atom stereocenters. The van der Waals surface area contributed by atoms with Crippen molar-refractivity contribution in [3.05, 3.63) is 57.9 Å². The molecule has 0 saturated heterocycles. The van der Waals surface area contributed by atoms with Gasteiger partial charge >= 0.3 is 5.97 Å². The van der Waals surface area contributed by atoms with Crippen molar-refractivity contribution < 1.29 is 9.90 Å². The van der Waals surface area contributed by atoms with E-state index in [1.54, 1.807) is 6.07 Å². The first-order chi connectivity index (χ1) is 9.15. The van der Waals surface area contributed by atoms with Gasteiger partial charge in [-0.05, 0) is 36.8 Å². The maximum atomic E-state index is 10.9. The van der Waals surface area contributed by atoms with Crippen LogP contribution in [0.1, 0.15) is 20.1 Å². The summed E-state index contributed by atoms with van der Waals surface area (Å²) in [6, 6.07) is 11.9. The fraction of sp³-hybridized carbons (Fsp3) is 0.133. The molecule has 0 aliphatic carbocycles. The number of carbonyl (C=O) groups is 1. The largest absolute Gasteiger partial charge is 0.477 e. The summed E-state index contributed by atoms with van der Waals surface area (Å²) in [5, 5.41) is 10.2. The van der Waals surface area contributed by atoms with Gasteiger partial charge in [-0.1, -0.05) is 12.1 Å². The number of carboxylic acids is 1. The molecule has 0 aliphatic rings. The normalized spacial score (nSPS) is 11.0. The van der Waals surface area contributed by atoms with E-state index < -0.39 is 5.97 Å². The zero-order valence-corrected chi connectivity index (χ0v) is 11.3. The van der Waals surface area contributed by atoms with Crippen LogP contribution >= 0.6 is 11.3 Å². The lowest BCUT2D eigenvalue weighted by Gasteiger charge is -2.04. The lowest BCUT2D eigenvalue weighted by atomic mass is 10.1. The van der Waals surface area contributed by atoms with E-state index in [1.165, 1.54) is 27.8 Å². The minimum atomic E-state index is -0.857. The van der Waals surface area contributed by atoms with E-state index in [0.29, 0.717) is 11.4 Å². The molecule has 0 spiro atoms. The standard InChI is InChI=1S/C15H13NO2S/c1-10-3-2-4-13-12(10)7-8-16(13)9-11-5-6-14(19-11)15(17)18/h2-8H,9H2,1H3,(H,17,18). The van der Waals surface area contributed by atoms with Crippen LogP contribution in [0.2, 0.25) is 0 Å². The van der Waals surface area contributed by atoms with Gasteiger partial charge in [0.25, 0.3) is 0 Å². The van der Waals surface area contributed by atoms with Gasteiger partial charge in [0.1, 0.15) is 4.88 Å². The molecule has 3 rings (SSSR count). The molecule has 0 unspecified atom stereocenters. The van der Waals surface area contributed by atoms with Crippen molar-refractivity contribution in [2.24, 2.45) is 0 Å². The summed E-state index contributed by atoms with van der Waals surface area (Å²) in [6.07, 6.45) is 2.05. The molecule has 19 heavy (non-hydrogen) atoms. The molecule has 0 bridgehead atoms. The van der Waals surface area contributed by atoms with E-state index in [2.05, 4.69) is 35.9 Å². The maximum Gasteiger partial charge on any atom is 0.345 e. The van der Waals surface area contributed by atoms with Gasteiger partial charge in [0, 0.05) is 22.0 Å². The highest BCUT2D eigenvalue weighted by Crippen LogP contribution is 2.23. The molecule has 1 N–H and O–H groups in total. The van der Waals surface area contributed by atoms with E-state index in [4.69, 9.17) is 5.11 Å². The number of nitrogens with zero attached hydrogens (tertiary/aromatic N) is 1. The first kappa shape index (κ1) is 12.0. The van der Waals surface area contributed by atoms with Gasteiger partial charge in [-0.25, -0.2) is 4.79 Å². The highest BCUT2D eigenvalue weighted by Gasteiger charge is 2.08. The molecule has 1 aromatic carbocycles. The summed E-state index contributed by atoms with van der Waals surface area (Å²) < 4.78 is 2.15. The third-order valence-electron chi connectivity index (χ3n) is 3.23. The molecular formula is C15H13NO2S. The molecule has 96 valence electrons. The van der Waals surface area contributed by atoms with Crippen molar-refractivity contribution in [1.29, 1.82) is 0 Å². The second-order valence-corrected chi connectivity index (χ2v) is 5.69. The number of benzene rings is 1. The second kappa shape index (κ2) is 4.55. The molecule has 0 fully saturated rings. The Labute approximate surface area is 114 Å². The second-order valence-electron chi connectivity index (χ2n) is 4.52. The van der Waals surface area contributed by atoms with Crippen molar-refractivity contribution in [3.8, 4) is 0 Å². The van der Waals surface area contributed by atoms with Gasteiger partial charge in [0.15, 0.2) is 0 Å². The number of thiophene rings is 1. The number of rotatable bonds is 3. The highest BCUT2D eigenvalue weighted by atomic mass is 32.1. The first-order valence-electron chi connectivity index (χ1n) is 6.01.